The first-order valence-corrected chi connectivity index (χ1v) is 10.7. The zero-order valence-corrected chi connectivity index (χ0v) is 19.1. The first kappa shape index (κ1) is 23.9. The Morgan fingerprint density at radius 3 is 2.43 bits per heavy atom. The number of alkyl halides is 3. The molecule has 0 radical (unpaired) electrons. The lowest BCUT2D eigenvalue weighted by Crippen LogP contribution is -2.19. The highest BCUT2D eigenvalue weighted by atomic mass is 19.4. The van der Waals surface area contributed by atoms with Gasteiger partial charge < -0.3 is 10.1 Å². The van der Waals surface area contributed by atoms with Crippen LogP contribution in [-0.4, -0.2) is 33.2 Å². The highest BCUT2D eigenvalue weighted by molar-refractivity contribution is 6.07. The Balaban J connectivity index is 1.78. The molecule has 7 nitrogen and oxygen atoms in total. The molecule has 0 aliphatic heterocycles. The number of esters is 1. The van der Waals surface area contributed by atoms with E-state index < -0.39 is 23.6 Å². The third-order valence-electron chi connectivity index (χ3n) is 5.42. The molecule has 180 valence electrons. The molecule has 2 aromatic carbocycles. The standard InChI is InChI=1S/C25H21F3N4O3/c1-4-35-24(34)19-13-29-32(20-12-15(3)18-7-5-6-14(2)21(18)30-20)22(19)31-23(33)16-8-10-17(11-9-16)25(26,27)28/h5-13H,4H2,1-3H3,(H,31,33). The van der Waals surface area contributed by atoms with Gasteiger partial charge in [-0.05, 0) is 62.2 Å². The van der Waals surface area contributed by atoms with E-state index in [0.717, 1.165) is 46.3 Å². The summed E-state index contributed by atoms with van der Waals surface area (Å²) in [6.07, 6.45) is -3.28. The van der Waals surface area contributed by atoms with Crippen molar-refractivity contribution in [3.8, 4) is 5.82 Å². The summed E-state index contributed by atoms with van der Waals surface area (Å²) in [6, 6.07) is 11.3. The van der Waals surface area contributed by atoms with Crippen LogP contribution in [0, 0.1) is 13.8 Å². The highest BCUT2D eigenvalue weighted by Crippen LogP contribution is 2.30. The SMILES string of the molecule is CCOC(=O)c1cnn(-c2cc(C)c3cccc(C)c3n2)c1NC(=O)c1ccc(C(F)(F)F)cc1. The number of rotatable bonds is 5. The van der Waals surface area contributed by atoms with Gasteiger partial charge in [-0.3, -0.25) is 4.79 Å². The number of pyridine rings is 1. The van der Waals surface area contributed by atoms with Gasteiger partial charge in [0.15, 0.2) is 11.6 Å². The summed E-state index contributed by atoms with van der Waals surface area (Å²) in [5, 5.41) is 7.79. The fraction of sp³-hybridized carbons (Fsp3) is 0.200. The van der Waals surface area contributed by atoms with Gasteiger partial charge in [-0.25, -0.2) is 9.78 Å². The summed E-state index contributed by atoms with van der Waals surface area (Å²) in [7, 11) is 0. The first-order chi connectivity index (χ1) is 16.6. The smallest absolute Gasteiger partial charge is 0.416 e. The topological polar surface area (TPSA) is 86.1 Å². The molecule has 4 aromatic rings. The number of nitrogens with zero attached hydrogens (tertiary/aromatic N) is 3. The minimum absolute atomic E-state index is 0.00631. The van der Waals surface area contributed by atoms with E-state index in [1.807, 2.05) is 32.0 Å². The summed E-state index contributed by atoms with van der Waals surface area (Å²) in [5.74, 6) is -1.09. The third kappa shape index (κ3) is 4.72. The molecular formula is C25H21F3N4O3. The third-order valence-corrected chi connectivity index (χ3v) is 5.42. The Morgan fingerprint density at radius 2 is 1.77 bits per heavy atom. The van der Waals surface area contributed by atoms with Gasteiger partial charge in [-0.2, -0.15) is 23.0 Å². The molecule has 0 atom stereocenters. The molecule has 1 amide bonds. The van der Waals surface area contributed by atoms with Gasteiger partial charge in [0.1, 0.15) is 5.56 Å². The molecule has 0 spiro atoms. The Labute approximate surface area is 198 Å². The summed E-state index contributed by atoms with van der Waals surface area (Å²) in [6.45, 7) is 5.56. The lowest BCUT2D eigenvalue weighted by molar-refractivity contribution is -0.137. The second kappa shape index (κ2) is 9.21. The molecule has 0 fully saturated rings. The molecule has 0 aliphatic rings. The van der Waals surface area contributed by atoms with Crippen molar-refractivity contribution < 1.29 is 27.5 Å². The molecule has 10 heteroatoms. The molecule has 4 rings (SSSR count). The maximum atomic E-state index is 12.9. The minimum atomic E-state index is -4.53. The molecule has 0 saturated carbocycles. The summed E-state index contributed by atoms with van der Waals surface area (Å²) >= 11 is 0. The first-order valence-electron chi connectivity index (χ1n) is 10.7. The largest absolute Gasteiger partial charge is 0.462 e. The number of ether oxygens (including phenoxy) is 1. The molecule has 0 bridgehead atoms. The minimum Gasteiger partial charge on any atom is -0.462 e. The zero-order valence-electron chi connectivity index (χ0n) is 19.1. The predicted molar refractivity (Wildman–Crippen MR) is 124 cm³/mol. The van der Waals surface area contributed by atoms with Crippen LogP contribution in [0.3, 0.4) is 0 Å². The number of para-hydroxylation sites is 1. The number of anilines is 1. The number of nitrogens with one attached hydrogen (secondary N) is 1. The van der Waals surface area contributed by atoms with Gasteiger partial charge in [0, 0.05) is 10.9 Å². The number of fused-ring (bicyclic) bond motifs is 1. The number of aryl methyl sites for hydroxylation is 2. The molecule has 0 saturated heterocycles. The number of benzene rings is 2. The number of carbonyl (C=O) groups is 2. The monoisotopic (exact) mass is 482 g/mol. The highest BCUT2D eigenvalue weighted by Gasteiger charge is 2.30. The van der Waals surface area contributed by atoms with E-state index in [2.05, 4.69) is 15.4 Å². The van der Waals surface area contributed by atoms with Crippen LogP contribution in [0.5, 0.6) is 0 Å². The van der Waals surface area contributed by atoms with Crippen molar-refractivity contribution in [2.45, 2.75) is 26.9 Å². The van der Waals surface area contributed by atoms with Crippen LogP contribution in [-0.2, 0) is 10.9 Å². The van der Waals surface area contributed by atoms with Crippen molar-refractivity contribution in [1.82, 2.24) is 14.8 Å². The zero-order chi connectivity index (χ0) is 25.3. The van der Waals surface area contributed by atoms with Crippen LogP contribution in [0.1, 0.15) is 44.3 Å². The van der Waals surface area contributed by atoms with E-state index in [0.29, 0.717) is 5.82 Å². The quantitative estimate of drug-likeness (QED) is 0.381. The number of amides is 1. The Kier molecular flexibility index (Phi) is 6.29. The van der Waals surface area contributed by atoms with Crippen LogP contribution in [0.25, 0.3) is 16.7 Å². The van der Waals surface area contributed by atoms with Crippen molar-refractivity contribution >= 4 is 28.6 Å². The normalized spacial score (nSPS) is 11.5. The molecule has 0 aliphatic carbocycles. The Morgan fingerprint density at radius 1 is 1.06 bits per heavy atom. The van der Waals surface area contributed by atoms with Gasteiger partial charge in [0.2, 0.25) is 0 Å². The molecule has 2 heterocycles. The van der Waals surface area contributed by atoms with Crippen LogP contribution in [0.4, 0.5) is 19.0 Å². The van der Waals surface area contributed by atoms with Crippen LogP contribution in [0.2, 0.25) is 0 Å². The van der Waals surface area contributed by atoms with E-state index in [1.54, 1.807) is 13.0 Å². The lowest BCUT2D eigenvalue weighted by Gasteiger charge is -2.13. The molecule has 2 aromatic heterocycles. The predicted octanol–water partition coefficient (Wildman–Crippen LogP) is 5.49. The molecule has 1 N–H and O–H groups in total. The average molecular weight is 482 g/mol. The van der Waals surface area contributed by atoms with Gasteiger partial charge in [0.25, 0.3) is 5.91 Å². The van der Waals surface area contributed by atoms with Crippen molar-refractivity contribution in [1.29, 1.82) is 0 Å². The maximum Gasteiger partial charge on any atom is 0.416 e. The van der Waals surface area contributed by atoms with Gasteiger partial charge in [-0.1, -0.05) is 18.2 Å². The Bertz CT molecular complexity index is 1430. The van der Waals surface area contributed by atoms with Crippen LogP contribution in [0.15, 0.2) is 54.7 Å². The van der Waals surface area contributed by atoms with E-state index in [4.69, 9.17) is 4.74 Å². The van der Waals surface area contributed by atoms with Gasteiger partial charge in [-0.15, -0.1) is 0 Å². The number of hydrogen-bond donors (Lipinski definition) is 1. The van der Waals surface area contributed by atoms with Crippen molar-refractivity contribution in [3.05, 3.63) is 82.5 Å². The number of aromatic nitrogens is 3. The summed E-state index contributed by atoms with van der Waals surface area (Å²) in [4.78, 5) is 30.1. The molecular weight excluding hydrogens is 461 g/mol. The van der Waals surface area contributed by atoms with Crippen molar-refractivity contribution in [2.75, 3.05) is 11.9 Å². The summed E-state index contributed by atoms with van der Waals surface area (Å²) < 4.78 is 45.0. The van der Waals surface area contributed by atoms with Crippen LogP contribution >= 0.6 is 0 Å². The van der Waals surface area contributed by atoms with Crippen molar-refractivity contribution in [3.63, 3.8) is 0 Å². The number of halogens is 3. The van der Waals surface area contributed by atoms with E-state index in [1.165, 1.54) is 10.9 Å². The van der Waals surface area contributed by atoms with Crippen LogP contribution < -0.4 is 5.32 Å². The second-order valence-electron chi connectivity index (χ2n) is 7.84. The molecule has 35 heavy (non-hydrogen) atoms. The fourth-order valence-electron chi connectivity index (χ4n) is 3.64. The fourth-order valence-corrected chi connectivity index (χ4v) is 3.64. The van der Waals surface area contributed by atoms with Crippen molar-refractivity contribution in [2.24, 2.45) is 0 Å². The number of carbonyl (C=O) groups excluding carboxylic acids is 2. The van der Waals surface area contributed by atoms with Gasteiger partial charge >= 0.3 is 12.1 Å². The van der Waals surface area contributed by atoms with Gasteiger partial charge in [0.05, 0.1) is 23.9 Å². The second-order valence-corrected chi connectivity index (χ2v) is 7.84. The van der Waals surface area contributed by atoms with E-state index in [9.17, 15) is 22.8 Å². The average Bonchev–Trinajstić information content (AvgIpc) is 3.23. The maximum absolute atomic E-state index is 12.9. The van der Waals surface area contributed by atoms with E-state index in [-0.39, 0.29) is 23.6 Å². The van der Waals surface area contributed by atoms with E-state index >= 15 is 0 Å². The lowest BCUT2D eigenvalue weighted by atomic mass is 10.1. The Hall–Kier alpha value is -4.21. The number of hydrogen-bond acceptors (Lipinski definition) is 5. The molecule has 0 unspecified atom stereocenters. The summed E-state index contributed by atoms with van der Waals surface area (Å²) in [5.41, 5.74) is 1.64.